The SMILES string of the molecule is CN.CNC(=O)CN/N=C(\N)N1CCCC1.O=CCCCCCCc1ncc(-c2ccc3ccccc3c2)[nH]1. The molecule has 7 N–H and O–H groups in total. The molecular weight excluding hydrogens is 492 g/mol. The number of aldehydes is 1. The number of likely N-dealkylation sites (tertiary alicyclic amines) is 1. The molecule has 0 atom stereocenters. The number of hydrazone groups is 1. The number of imidazole rings is 1. The number of hydrogen-bond donors (Lipinski definition) is 5. The first-order valence-electron chi connectivity index (χ1n) is 13.7. The maximum Gasteiger partial charge on any atom is 0.240 e. The van der Waals surface area contributed by atoms with Crippen molar-refractivity contribution in [3.8, 4) is 11.3 Å². The Bertz CT molecular complexity index is 1150. The summed E-state index contributed by atoms with van der Waals surface area (Å²) < 4.78 is 0. The second-order valence-corrected chi connectivity index (χ2v) is 9.10. The molecule has 10 heteroatoms. The van der Waals surface area contributed by atoms with Gasteiger partial charge in [0.05, 0.1) is 11.9 Å². The molecule has 2 aromatic carbocycles. The molecule has 0 spiro atoms. The van der Waals surface area contributed by atoms with Crippen LogP contribution >= 0.6 is 0 Å². The third-order valence-electron chi connectivity index (χ3n) is 6.32. The fraction of sp³-hybridized carbons (Fsp3) is 0.448. The largest absolute Gasteiger partial charge is 0.368 e. The van der Waals surface area contributed by atoms with Crippen molar-refractivity contribution in [2.75, 3.05) is 33.7 Å². The molecule has 39 heavy (non-hydrogen) atoms. The zero-order valence-electron chi connectivity index (χ0n) is 23.3. The van der Waals surface area contributed by atoms with E-state index >= 15 is 0 Å². The highest BCUT2D eigenvalue weighted by molar-refractivity contribution is 5.86. The number of nitrogens with zero attached hydrogens (tertiary/aromatic N) is 3. The van der Waals surface area contributed by atoms with Gasteiger partial charge in [-0.1, -0.05) is 49.2 Å². The number of aromatic nitrogens is 2. The number of nitrogens with one attached hydrogen (secondary N) is 3. The van der Waals surface area contributed by atoms with E-state index in [4.69, 9.17) is 5.73 Å². The Morgan fingerprint density at radius 2 is 1.79 bits per heavy atom. The molecule has 1 aliphatic rings. The molecule has 1 fully saturated rings. The maximum absolute atomic E-state index is 10.8. The second kappa shape index (κ2) is 18.4. The lowest BCUT2D eigenvalue weighted by atomic mass is 10.1. The van der Waals surface area contributed by atoms with Crippen molar-refractivity contribution in [1.29, 1.82) is 0 Å². The summed E-state index contributed by atoms with van der Waals surface area (Å²) in [5.74, 6) is 1.40. The number of rotatable bonds is 11. The number of H-pyrrole nitrogens is 1. The van der Waals surface area contributed by atoms with Gasteiger partial charge in [0, 0.05) is 38.5 Å². The fourth-order valence-corrected chi connectivity index (χ4v) is 4.16. The summed E-state index contributed by atoms with van der Waals surface area (Å²) in [7, 11) is 3.08. The highest BCUT2D eigenvalue weighted by Crippen LogP contribution is 2.23. The Morgan fingerprint density at radius 1 is 1.08 bits per heavy atom. The Morgan fingerprint density at radius 3 is 2.51 bits per heavy atom. The van der Waals surface area contributed by atoms with Crippen LogP contribution in [0.15, 0.2) is 53.8 Å². The number of carbonyl (C=O) groups excluding carboxylic acids is 2. The number of likely N-dealkylation sites (N-methyl/N-ethyl adjacent to an activating group) is 1. The number of unbranched alkanes of at least 4 members (excludes halogenated alkanes) is 4. The van der Waals surface area contributed by atoms with Crippen LogP contribution < -0.4 is 22.2 Å². The molecule has 0 aliphatic carbocycles. The van der Waals surface area contributed by atoms with E-state index in [-0.39, 0.29) is 12.5 Å². The van der Waals surface area contributed by atoms with Crippen LogP contribution in [0.2, 0.25) is 0 Å². The van der Waals surface area contributed by atoms with Crippen LogP contribution in [0.25, 0.3) is 22.0 Å². The summed E-state index contributed by atoms with van der Waals surface area (Å²) in [6.45, 7) is 2.07. The van der Waals surface area contributed by atoms with E-state index in [0.717, 1.165) is 75.8 Å². The lowest BCUT2D eigenvalue weighted by molar-refractivity contribution is -0.119. The quantitative estimate of drug-likeness (QED) is 0.0829. The van der Waals surface area contributed by atoms with Crippen molar-refractivity contribution in [2.24, 2.45) is 16.6 Å². The van der Waals surface area contributed by atoms with Gasteiger partial charge < -0.3 is 31.5 Å². The van der Waals surface area contributed by atoms with Crippen LogP contribution in [-0.2, 0) is 16.0 Å². The van der Waals surface area contributed by atoms with E-state index in [1.807, 2.05) is 11.1 Å². The molecule has 1 aromatic heterocycles. The molecule has 0 bridgehead atoms. The highest BCUT2D eigenvalue weighted by atomic mass is 16.1. The van der Waals surface area contributed by atoms with Crippen LogP contribution in [-0.4, -0.2) is 66.8 Å². The number of hydrogen-bond acceptors (Lipinski definition) is 6. The molecular formula is C29H44N8O2. The summed E-state index contributed by atoms with van der Waals surface area (Å²) in [5, 5.41) is 8.89. The first-order chi connectivity index (χ1) is 19.1. The number of guanidine groups is 1. The van der Waals surface area contributed by atoms with Gasteiger partial charge in [-0.05, 0) is 49.6 Å². The minimum Gasteiger partial charge on any atom is -0.368 e. The zero-order chi connectivity index (χ0) is 28.3. The van der Waals surface area contributed by atoms with Gasteiger partial charge in [0.2, 0.25) is 11.9 Å². The maximum atomic E-state index is 10.8. The summed E-state index contributed by atoms with van der Waals surface area (Å²) in [6, 6.07) is 14.9. The van der Waals surface area contributed by atoms with Crippen molar-refractivity contribution in [1.82, 2.24) is 25.6 Å². The summed E-state index contributed by atoms with van der Waals surface area (Å²) in [5.41, 5.74) is 15.1. The standard InChI is InChI=1S/C20H22N2O.C8H17N5O.CH5N/c23-13-7-3-1-2-4-10-20-21-15-19(22-20)18-12-11-16-8-5-6-9-17(16)14-18;1-10-7(14)6-11-12-8(9)13-4-2-3-5-13;1-2/h5-6,8-9,11-15H,1-4,7,10H2,(H,21,22);11H,2-6H2,1H3,(H2,9,12)(H,10,14);2H2,1H3. The zero-order valence-corrected chi connectivity index (χ0v) is 23.3. The molecule has 0 unspecified atom stereocenters. The average molecular weight is 537 g/mol. The molecule has 1 aliphatic heterocycles. The van der Waals surface area contributed by atoms with E-state index in [1.54, 1.807) is 7.05 Å². The van der Waals surface area contributed by atoms with Crippen molar-refractivity contribution < 1.29 is 9.59 Å². The molecule has 1 amide bonds. The molecule has 1 saturated heterocycles. The van der Waals surface area contributed by atoms with Crippen molar-refractivity contribution >= 4 is 28.9 Å². The van der Waals surface area contributed by atoms with Gasteiger partial charge in [-0.25, -0.2) is 4.98 Å². The van der Waals surface area contributed by atoms with Crippen molar-refractivity contribution in [3.05, 3.63) is 54.5 Å². The summed E-state index contributed by atoms with van der Waals surface area (Å²) >= 11 is 0. The minimum absolute atomic E-state index is 0.108. The van der Waals surface area contributed by atoms with Gasteiger partial charge >= 0.3 is 0 Å². The Balaban J connectivity index is 0.000000287. The van der Waals surface area contributed by atoms with E-state index in [2.05, 4.69) is 74.0 Å². The predicted octanol–water partition coefficient (Wildman–Crippen LogP) is 3.14. The lowest BCUT2D eigenvalue weighted by Crippen LogP contribution is -2.38. The minimum atomic E-state index is -0.108. The van der Waals surface area contributed by atoms with E-state index in [1.165, 1.54) is 23.4 Å². The Kier molecular flexibility index (Phi) is 14.7. The number of aryl methyl sites for hydroxylation is 1. The van der Waals surface area contributed by atoms with E-state index in [0.29, 0.717) is 12.4 Å². The van der Waals surface area contributed by atoms with E-state index in [9.17, 15) is 9.59 Å². The number of fused-ring (bicyclic) bond motifs is 1. The Labute approximate surface area is 231 Å². The first kappa shape index (κ1) is 31.3. The second-order valence-electron chi connectivity index (χ2n) is 9.10. The van der Waals surface area contributed by atoms with Gasteiger partial charge in [0.1, 0.15) is 18.7 Å². The number of benzene rings is 2. The van der Waals surface area contributed by atoms with Crippen LogP contribution in [0.3, 0.4) is 0 Å². The van der Waals surface area contributed by atoms with Gasteiger partial charge in [-0.3, -0.25) is 10.2 Å². The number of nitrogens with two attached hydrogens (primary N) is 2. The van der Waals surface area contributed by atoms with Gasteiger partial charge in [-0.15, -0.1) is 5.10 Å². The van der Waals surface area contributed by atoms with Crippen LogP contribution in [0.4, 0.5) is 0 Å². The molecule has 3 aromatic rings. The van der Waals surface area contributed by atoms with Crippen LogP contribution in [0, 0.1) is 0 Å². The lowest BCUT2D eigenvalue weighted by Gasteiger charge is -2.15. The monoisotopic (exact) mass is 536 g/mol. The molecule has 0 saturated carbocycles. The molecule has 10 nitrogen and oxygen atoms in total. The molecule has 2 heterocycles. The van der Waals surface area contributed by atoms with Gasteiger partial charge in [0.15, 0.2) is 0 Å². The third-order valence-corrected chi connectivity index (χ3v) is 6.32. The van der Waals surface area contributed by atoms with Gasteiger partial charge in [0.25, 0.3) is 0 Å². The predicted molar refractivity (Wildman–Crippen MR) is 159 cm³/mol. The van der Waals surface area contributed by atoms with Crippen LogP contribution in [0.1, 0.15) is 50.8 Å². The van der Waals surface area contributed by atoms with Crippen molar-refractivity contribution in [3.63, 3.8) is 0 Å². The number of amides is 1. The first-order valence-corrected chi connectivity index (χ1v) is 13.7. The molecule has 212 valence electrons. The third kappa shape index (κ3) is 11.2. The normalized spacial score (nSPS) is 12.7. The highest BCUT2D eigenvalue weighted by Gasteiger charge is 2.13. The number of carbonyl (C=O) groups is 2. The Hall–Kier alpha value is -3.92. The topological polar surface area (TPSA) is 155 Å². The van der Waals surface area contributed by atoms with Crippen molar-refractivity contribution in [2.45, 2.75) is 51.4 Å². The van der Waals surface area contributed by atoms with E-state index < -0.39 is 0 Å². The summed E-state index contributed by atoms with van der Waals surface area (Å²) in [4.78, 5) is 31.0. The summed E-state index contributed by atoms with van der Waals surface area (Å²) in [6.07, 6.45) is 11.3. The molecule has 0 radical (unpaired) electrons. The molecule has 4 rings (SSSR count). The fourth-order valence-electron chi connectivity index (χ4n) is 4.16. The average Bonchev–Trinajstić information content (AvgIpc) is 3.69. The number of aromatic amines is 1. The smallest absolute Gasteiger partial charge is 0.240 e. The van der Waals surface area contributed by atoms with Gasteiger partial charge in [-0.2, -0.15) is 0 Å². The van der Waals surface area contributed by atoms with Crippen LogP contribution in [0.5, 0.6) is 0 Å².